The molecular weight excluding hydrogens is 326 g/mol. The number of nitrogens with one attached hydrogen (secondary N) is 3. The Morgan fingerprint density at radius 1 is 1.16 bits per heavy atom. The van der Waals surface area contributed by atoms with E-state index in [0.29, 0.717) is 17.2 Å². The lowest BCUT2D eigenvalue weighted by Crippen LogP contribution is -2.36. The van der Waals surface area contributed by atoms with Gasteiger partial charge >= 0.3 is 0 Å². The van der Waals surface area contributed by atoms with E-state index in [4.69, 9.17) is 9.47 Å². The summed E-state index contributed by atoms with van der Waals surface area (Å²) in [5.41, 5.74) is 4.38. The number of nitrogens with zero attached hydrogens (tertiary/aromatic N) is 2. The van der Waals surface area contributed by atoms with Gasteiger partial charge in [0.05, 0.1) is 7.11 Å². The highest BCUT2D eigenvalue weighted by atomic mass is 16.5. The zero-order valence-corrected chi connectivity index (χ0v) is 14.5. The zero-order chi connectivity index (χ0) is 18.4. The Bertz CT molecular complexity index is 780. The minimum Gasteiger partial charge on any atom is -0.497 e. The van der Waals surface area contributed by atoms with Crippen molar-refractivity contribution in [2.75, 3.05) is 19.1 Å². The van der Waals surface area contributed by atoms with E-state index in [-0.39, 0.29) is 18.1 Å². The second-order valence-electron chi connectivity index (χ2n) is 6.24. The molecule has 134 valence electrons. The number of hydrogen-bond donors (Lipinski definition) is 3. The lowest BCUT2D eigenvalue weighted by atomic mass is 9.93. The number of aromatic nitrogens is 3. The first kappa shape index (κ1) is 18.2. The van der Waals surface area contributed by atoms with Gasteiger partial charge in [0, 0.05) is 5.41 Å². The minimum atomic E-state index is -0.446. The fraction of sp³-hybridized carbons (Fsp3) is 0.375. The number of hydrogen-bond acceptors (Lipinski definition) is 7. The lowest BCUT2D eigenvalue weighted by Gasteiger charge is -2.15. The monoisotopic (exact) mass is 347 g/mol. The van der Waals surface area contributed by atoms with Crippen LogP contribution in [0.25, 0.3) is 0 Å². The van der Waals surface area contributed by atoms with Crippen molar-refractivity contribution in [3.63, 3.8) is 0 Å². The van der Waals surface area contributed by atoms with Crippen LogP contribution in [0.4, 0.5) is 5.95 Å². The Balaban J connectivity index is 1.85. The molecule has 0 saturated heterocycles. The van der Waals surface area contributed by atoms with Crippen LogP contribution in [0.3, 0.4) is 0 Å². The molecule has 0 aliphatic carbocycles. The molecule has 0 spiro atoms. The molecule has 2 rings (SSSR count). The van der Waals surface area contributed by atoms with Crippen LogP contribution >= 0.6 is 0 Å². The standard InChI is InChI=1S/C16H21N5O4/c1-16(2,3)13-14(23)17-15(21-19-13)20-18-12(22)9-25-11-7-5-10(24-4)6-8-11/h5-8H,9H2,1-4H3,(H,18,22)(H2,17,20,21,23). The summed E-state index contributed by atoms with van der Waals surface area (Å²) in [5, 5.41) is 7.72. The van der Waals surface area contributed by atoms with Crippen molar-refractivity contribution in [1.82, 2.24) is 20.6 Å². The SMILES string of the molecule is COc1ccc(OCC(=O)NNc2nnc(C(C)(C)C)c(=O)[nH]2)cc1. The minimum absolute atomic E-state index is 0.0378. The van der Waals surface area contributed by atoms with Gasteiger partial charge in [-0.15, -0.1) is 10.2 Å². The molecule has 2 aromatic rings. The van der Waals surface area contributed by atoms with E-state index in [1.807, 2.05) is 20.8 Å². The van der Waals surface area contributed by atoms with Crippen molar-refractivity contribution >= 4 is 11.9 Å². The highest BCUT2D eigenvalue weighted by Gasteiger charge is 2.20. The summed E-state index contributed by atoms with van der Waals surface area (Å²) in [7, 11) is 1.57. The van der Waals surface area contributed by atoms with Gasteiger partial charge in [0.2, 0.25) is 5.95 Å². The van der Waals surface area contributed by atoms with Gasteiger partial charge in [-0.2, -0.15) is 0 Å². The molecule has 0 aliphatic heterocycles. The zero-order valence-electron chi connectivity index (χ0n) is 14.5. The lowest BCUT2D eigenvalue weighted by molar-refractivity contribution is -0.122. The van der Waals surface area contributed by atoms with Gasteiger partial charge in [-0.1, -0.05) is 20.8 Å². The third-order valence-corrected chi connectivity index (χ3v) is 3.16. The summed E-state index contributed by atoms with van der Waals surface area (Å²) in [6, 6.07) is 6.83. The van der Waals surface area contributed by atoms with E-state index in [0.717, 1.165) is 0 Å². The van der Waals surface area contributed by atoms with Crippen LogP contribution in [0.1, 0.15) is 26.5 Å². The second-order valence-corrected chi connectivity index (χ2v) is 6.24. The number of rotatable bonds is 6. The van der Waals surface area contributed by atoms with Gasteiger partial charge in [-0.25, -0.2) is 0 Å². The van der Waals surface area contributed by atoms with Crippen LogP contribution < -0.4 is 25.9 Å². The van der Waals surface area contributed by atoms with Crippen molar-refractivity contribution in [3.05, 3.63) is 40.3 Å². The Morgan fingerprint density at radius 3 is 2.36 bits per heavy atom. The van der Waals surface area contributed by atoms with E-state index in [2.05, 4.69) is 26.0 Å². The largest absolute Gasteiger partial charge is 0.497 e. The van der Waals surface area contributed by atoms with E-state index in [9.17, 15) is 9.59 Å². The number of anilines is 1. The fourth-order valence-electron chi connectivity index (χ4n) is 1.87. The maximum absolute atomic E-state index is 11.9. The van der Waals surface area contributed by atoms with Crippen molar-refractivity contribution in [3.8, 4) is 11.5 Å². The predicted molar refractivity (Wildman–Crippen MR) is 91.6 cm³/mol. The number of methoxy groups -OCH3 is 1. The fourth-order valence-corrected chi connectivity index (χ4v) is 1.87. The number of carbonyl (C=O) groups excluding carboxylic acids is 1. The van der Waals surface area contributed by atoms with Gasteiger partial charge < -0.3 is 9.47 Å². The molecular formula is C16H21N5O4. The van der Waals surface area contributed by atoms with Crippen LogP contribution in [-0.4, -0.2) is 34.8 Å². The smallest absolute Gasteiger partial charge is 0.276 e. The molecule has 25 heavy (non-hydrogen) atoms. The third kappa shape index (κ3) is 5.20. The molecule has 0 fully saturated rings. The van der Waals surface area contributed by atoms with Gasteiger partial charge in [0.25, 0.3) is 11.5 Å². The van der Waals surface area contributed by atoms with E-state index in [1.165, 1.54) is 0 Å². The Labute approximate surface area is 144 Å². The van der Waals surface area contributed by atoms with Crippen LogP contribution in [0.15, 0.2) is 29.1 Å². The Hall–Kier alpha value is -3.10. The molecule has 1 aromatic carbocycles. The molecule has 0 atom stereocenters. The number of hydrazine groups is 1. The van der Waals surface area contributed by atoms with E-state index >= 15 is 0 Å². The number of amides is 1. The molecule has 0 saturated carbocycles. The van der Waals surface area contributed by atoms with Crippen LogP contribution in [-0.2, 0) is 10.2 Å². The number of aromatic amines is 1. The van der Waals surface area contributed by atoms with Crippen LogP contribution in [0, 0.1) is 0 Å². The Morgan fingerprint density at radius 2 is 1.80 bits per heavy atom. The van der Waals surface area contributed by atoms with E-state index < -0.39 is 11.3 Å². The molecule has 0 bridgehead atoms. The molecule has 0 unspecified atom stereocenters. The van der Waals surface area contributed by atoms with Gasteiger partial charge in [-0.3, -0.25) is 25.4 Å². The highest BCUT2D eigenvalue weighted by Crippen LogP contribution is 2.17. The van der Waals surface area contributed by atoms with Crippen molar-refractivity contribution in [2.45, 2.75) is 26.2 Å². The summed E-state index contributed by atoms with van der Waals surface area (Å²) >= 11 is 0. The first-order valence-corrected chi connectivity index (χ1v) is 7.59. The summed E-state index contributed by atoms with van der Waals surface area (Å²) in [6.07, 6.45) is 0. The molecule has 0 radical (unpaired) electrons. The molecule has 1 aromatic heterocycles. The van der Waals surface area contributed by atoms with Gasteiger partial charge in [-0.05, 0) is 24.3 Å². The molecule has 9 heteroatoms. The van der Waals surface area contributed by atoms with Crippen LogP contribution in [0.2, 0.25) is 0 Å². The highest BCUT2D eigenvalue weighted by molar-refractivity contribution is 5.78. The predicted octanol–water partition coefficient (Wildman–Crippen LogP) is 0.993. The maximum atomic E-state index is 11.9. The average Bonchev–Trinajstić information content (AvgIpc) is 2.57. The molecule has 9 nitrogen and oxygen atoms in total. The summed E-state index contributed by atoms with van der Waals surface area (Å²) in [4.78, 5) is 26.2. The molecule has 3 N–H and O–H groups in total. The topological polar surface area (TPSA) is 118 Å². The summed E-state index contributed by atoms with van der Waals surface area (Å²) < 4.78 is 10.4. The average molecular weight is 347 g/mol. The third-order valence-electron chi connectivity index (χ3n) is 3.16. The summed E-state index contributed by atoms with van der Waals surface area (Å²) in [6.45, 7) is 5.37. The van der Waals surface area contributed by atoms with Crippen molar-refractivity contribution in [1.29, 1.82) is 0 Å². The van der Waals surface area contributed by atoms with Gasteiger partial charge in [0.15, 0.2) is 6.61 Å². The number of benzene rings is 1. The molecule has 1 heterocycles. The van der Waals surface area contributed by atoms with Crippen molar-refractivity contribution < 1.29 is 14.3 Å². The van der Waals surface area contributed by atoms with Gasteiger partial charge in [0.1, 0.15) is 17.2 Å². The Kier molecular flexibility index (Phi) is 5.58. The maximum Gasteiger partial charge on any atom is 0.276 e. The first-order chi connectivity index (χ1) is 11.8. The summed E-state index contributed by atoms with van der Waals surface area (Å²) in [5.74, 6) is 0.813. The number of ether oxygens (including phenoxy) is 2. The number of carbonyl (C=O) groups is 1. The normalized spacial score (nSPS) is 10.9. The van der Waals surface area contributed by atoms with Crippen molar-refractivity contribution in [2.24, 2.45) is 0 Å². The quantitative estimate of drug-likeness (QED) is 0.667. The first-order valence-electron chi connectivity index (χ1n) is 7.59. The molecule has 1 amide bonds. The number of H-pyrrole nitrogens is 1. The van der Waals surface area contributed by atoms with Crippen LogP contribution in [0.5, 0.6) is 11.5 Å². The molecule has 0 aliphatic rings. The van der Waals surface area contributed by atoms with E-state index in [1.54, 1.807) is 31.4 Å². The second kappa shape index (κ2) is 7.65.